The maximum atomic E-state index is 11.4. The molecule has 0 N–H and O–H groups in total. The summed E-state index contributed by atoms with van der Waals surface area (Å²) >= 11 is 4.59. The van der Waals surface area contributed by atoms with Crippen molar-refractivity contribution in [2.45, 2.75) is 18.1 Å². The number of sulfone groups is 1. The van der Waals surface area contributed by atoms with E-state index in [-0.39, 0.29) is 5.75 Å². The summed E-state index contributed by atoms with van der Waals surface area (Å²) < 4.78 is 24.0. The van der Waals surface area contributed by atoms with Crippen LogP contribution in [0, 0.1) is 6.92 Å². The summed E-state index contributed by atoms with van der Waals surface area (Å²) in [6.45, 7) is 3.54. The molecule has 12 heavy (non-hydrogen) atoms. The van der Waals surface area contributed by atoms with E-state index in [9.17, 15) is 8.42 Å². The summed E-state index contributed by atoms with van der Waals surface area (Å²) in [5, 5.41) is 0. The Morgan fingerprint density at radius 3 is 2.50 bits per heavy atom. The molecule has 5 heteroatoms. The van der Waals surface area contributed by atoms with Gasteiger partial charge in [-0.1, -0.05) is 6.92 Å². The third-order valence-electron chi connectivity index (χ3n) is 1.52. The minimum atomic E-state index is -3.01. The normalized spacial score (nSPS) is 11.9. The molecule has 1 aromatic rings. The molecule has 0 aliphatic heterocycles. The Hall–Kier alpha value is 0.130. The first-order valence-electron chi connectivity index (χ1n) is 3.46. The topological polar surface area (TPSA) is 34.1 Å². The van der Waals surface area contributed by atoms with E-state index in [2.05, 4.69) is 15.9 Å². The van der Waals surface area contributed by atoms with Gasteiger partial charge in [0.15, 0.2) is 9.84 Å². The zero-order valence-electron chi connectivity index (χ0n) is 6.80. The first-order chi connectivity index (χ1) is 5.47. The lowest BCUT2D eigenvalue weighted by atomic mass is 10.5. The fraction of sp³-hybridized carbons (Fsp3) is 0.429. The number of rotatable bonds is 2. The SMILES string of the molecule is CCS(=O)(=O)c1cc(Br)c(C)s1. The fourth-order valence-corrected chi connectivity index (χ4v) is 3.96. The van der Waals surface area contributed by atoms with Gasteiger partial charge in [0.05, 0.1) is 5.75 Å². The summed E-state index contributed by atoms with van der Waals surface area (Å²) in [5.74, 6) is 0.166. The number of thiophene rings is 1. The Bertz CT molecular complexity index is 359. The maximum absolute atomic E-state index is 11.4. The standard InChI is InChI=1S/C7H9BrO2S2/c1-3-12(9,10)7-4-6(8)5(2)11-7/h4H,3H2,1-2H3. The molecular weight excluding hydrogens is 260 g/mol. The second-order valence-corrected chi connectivity index (χ2v) is 6.99. The highest BCUT2D eigenvalue weighted by Gasteiger charge is 2.15. The van der Waals surface area contributed by atoms with Crippen LogP contribution in [-0.2, 0) is 9.84 Å². The average Bonchev–Trinajstić information content (AvgIpc) is 2.33. The molecule has 0 saturated heterocycles. The molecule has 0 amide bonds. The van der Waals surface area contributed by atoms with Crippen molar-refractivity contribution in [3.8, 4) is 0 Å². The van der Waals surface area contributed by atoms with Gasteiger partial charge >= 0.3 is 0 Å². The highest BCUT2D eigenvalue weighted by Crippen LogP contribution is 2.30. The highest BCUT2D eigenvalue weighted by molar-refractivity contribution is 9.10. The predicted molar refractivity (Wildman–Crippen MR) is 54.5 cm³/mol. The van der Waals surface area contributed by atoms with Crippen LogP contribution in [0.3, 0.4) is 0 Å². The summed E-state index contributed by atoms with van der Waals surface area (Å²) in [6, 6.07) is 1.67. The lowest BCUT2D eigenvalue weighted by Crippen LogP contribution is -2.00. The minimum absolute atomic E-state index is 0.166. The van der Waals surface area contributed by atoms with Gasteiger partial charge < -0.3 is 0 Å². The molecule has 0 atom stereocenters. The van der Waals surface area contributed by atoms with E-state index in [1.807, 2.05) is 6.92 Å². The average molecular weight is 269 g/mol. The van der Waals surface area contributed by atoms with Gasteiger partial charge in [-0.3, -0.25) is 0 Å². The van der Waals surface area contributed by atoms with Crippen molar-refractivity contribution in [3.05, 3.63) is 15.4 Å². The highest BCUT2D eigenvalue weighted by atomic mass is 79.9. The smallest absolute Gasteiger partial charge is 0.187 e. The van der Waals surface area contributed by atoms with Crippen molar-refractivity contribution in [2.75, 3.05) is 5.75 Å². The van der Waals surface area contributed by atoms with Crippen molar-refractivity contribution in [1.29, 1.82) is 0 Å². The fourth-order valence-electron chi connectivity index (χ4n) is 0.730. The van der Waals surface area contributed by atoms with Crippen LogP contribution >= 0.6 is 27.3 Å². The molecule has 1 heterocycles. The van der Waals surface area contributed by atoms with Crippen molar-refractivity contribution in [1.82, 2.24) is 0 Å². The third kappa shape index (κ3) is 1.89. The Morgan fingerprint density at radius 2 is 2.17 bits per heavy atom. The van der Waals surface area contributed by atoms with Crippen LogP contribution in [0.4, 0.5) is 0 Å². The van der Waals surface area contributed by atoms with Gasteiger partial charge in [0.25, 0.3) is 0 Å². The monoisotopic (exact) mass is 268 g/mol. The Labute approximate surface area is 84.7 Å². The molecule has 68 valence electrons. The van der Waals surface area contributed by atoms with Gasteiger partial charge in [-0.25, -0.2) is 8.42 Å². The van der Waals surface area contributed by atoms with Crippen LogP contribution in [-0.4, -0.2) is 14.2 Å². The Kier molecular flexibility index (Phi) is 2.96. The molecule has 0 aromatic carbocycles. The van der Waals surface area contributed by atoms with Crippen LogP contribution in [0.1, 0.15) is 11.8 Å². The van der Waals surface area contributed by atoms with E-state index in [0.717, 1.165) is 9.35 Å². The van der Waals surface area contributed by atoms with Crippen LogP contribution in [0.25, 0.3) is 0 Å². The molecule has 2 nitrogen and oxygen atoms in total. The Morgan fingerprint density at radius 1 is 1.58 bits per heavy atom. The molecule has 1 aromatic heterocycles. The summed E-state index contributed by atoms with van der Waals surface area (Å²) in [4.78, 5) is 1.00. The molecule has 0 saturated carbocycles. The molecular formula is C7H9BrO2S2. The van der Waals surface area contributed by atoms with Gasteiger partial charge in [-0.15, -0.1) is 11.3 Å². The quantitative estimate of drug-likeness (QED) is 0.827. The second kappa shape index (κ2) is 3.47. The summed E-state index contributed by atoms with van der Waals surface area (Å²) in [6.07, 6.45) is 0. The van der Waals surface area contributed by atoms with Crippen LogP contribution in [0.2, 0.25) is 0 Å². The lowest BCUT2D eigenvalue weighted by Gasteiger charge is -1.93. The minimum Gasteiger partial charge on any atom is -0.223 e. The lowest BCUT2D eigenvalue weighted by molar-refractivity contribution is 0.599. The maximum Gasteiger partial charge on any atom is 0.187 e. The van der Waals surface area contributed by atoms with Crippen molar-refractivity contribution in [2.24, 2.45) is 0 Å². The van der Waals surface area contributed by atoms with E-state index >= 15 is 0 Å². The van der Waals surface area contributed by atoms with Crippen LogP contribution in [0.5, 0.6) is 0 Å². The van der Waals surface area contributed by atoms with E-state index in [1.165, 1.54) is 11.3 Å². The zero-order valence-corrected chi connectivity index (χ0v) is 10.0. The molecule has 0 bridgehead atoms. The first kappa shape index (κ1) is 10.2. The van der Waals surface area contributed by atoms with Gasteiger partial charge in [-0.05, 0) is 28.9 Å². The van der Waals surface area contributed by atoms with Crippen molar-refractivity contribution < 1.29 is 8.42 Å². The van der Waals surface area contributed by atoms with Crippen LogP contribution < -0.4 is 0 Å². The molecule has 0 radical (unpaired) electrons. The number of hydrogen-bond donors (Lipinski definition) is 0. The second-order valence-electron chi connectivity index (χ2n) is 2.37. The largest absolute Gasteiger partial charge is 0.223 e. The number of aryl methyl sites for hydroxylation is 1. The summed E-state index contributed by atoms with van der Waals surface area (Å²) in [5.41, 5.74) is 0. The van der Waals surface area contributed by atoms with Crippen molar-refractivity contribution >= 4 is 37.1 Å². The molecule has 0 aliphatic rings. The molecule has 0 unspecified atom stereocenters. The first-order valence-corrected chi connectivity index (χ1v) is 6.72. The molecule has 0 aliphatic carbocycles. The molecule has 0 spiro atoms. The van der Waals surface area contributed by atoms with Crippen molar-refractivity contribution in [3.63, 3.8) is 0 Å². The van der Waals surface area contributed by atoms with Gasteiger partial charge in [0.1, 0.15) is 4.21 Å². The number of halogens is 1. The predicted octanol–water partition coefficient (Wildman–Crippen LogP) is 2.61. The third-order valence-corrected chi connectivity index (χ3v) is 5.96. The Balaban J connectivity index is 3.22. The van der Waals surface area contributed by atoms with E-state index in [1.54, 1.807) is 13.0 Å². The van der Waals surface area contributed by atoms with Gasteiger partial charge in [-0.2, -0.15) is 0 Å². The number of hydrogen-bond acceptors (Lipinski definition) is 3. The molecule has 0 fully saturated rings. The van der Waals surface area contributed by atoms with E-state index in [4.69, 9.17) is 0 Å². The van der Waals surface area contributed by atoms with Gasteiger partial charge in [0, 0.05) is 9.35 Å². The summed E-state index contributed by atoms with van der Waals surface area (Å²) in [7, 11) is -3.01. The van der Waals surface area contributed by atoms with Gasteiger partial charge in [0.2, 0.25) is 0 Å². The van der Waals surface area contributed by atoms with E-state index < -0.39 is 9.84 Å². The molecule has 1 rings (SSSR count). The zero-order chi connectivity index (χ0) is 9.35. The van der Waals surface area contributed by atoms with Crippen LogP contribution in [0.15, 0.2) is 14.7 Å². The van der Waals surface area contributed by atoms with E-state index in [0.29, 0.717) is 4.21 Å².